The highest BCUT2D eigenvalue weighted by molar-refractivity contribution is 5.79. The molecule has 1 fully saturated rings. The van der Waals surface area contributed by atoms with E-state index in [4.69, 9.17) is 4.74 Å². The molecule has 2 unspecified atom stereocenters. The van der Waals surface area contributed by atoms with Crippen molar-refractivity contribution in [3.8, 4) is 5.75 Å². The van der Waals surface area contributed by atoms with Crippen molar-refractivity contribution in [1.29, 1.82) is 0 Å². The van der Waals surface area contributed by atoms with E-state index in [-0.39, 0.29) is 17.3 Å². The maximum absolute atomic E-state index is 11.2. The first-order chi connectivity index (χ1) is 7.68. The summed E-state index contributed by atoms with van der Waals surface area (Å²) in [4.78, 5) is 11.2. The smallest absolute Gasteiger partial charge is 0.307 e. The van der Waals surface area contributed by atoms with E-state index in [1.54, 1.807) is 0 Å². The molecule has 1 aliphatic carbocycles. The summed E-state index contributed by atoms with van der Waals surface area (Å²) >= 11 is 0. The number of benzene rings is 1. The average Bonchev–Trinajstić information content (AvgIpc) is 2.85. The van der Waals surface area contributed by atoms with E-state index >= 15 is 0 Å². The van der Waals surface area contributed by atoms with E-state index in [0.29, 0.717) is 6.61 Å². The Balaban J connectivity index is 2.10. The Morgan fingerprint density at radius 3 is 2.94 bits per heavy atom. The van der Waals surface area contributed by atoms with Crippen molar-refractivity contribution in [2.24, 2.45) is 11.8 Å². The number of rotatable bonds is 1. The fourth-order valence-electron chi connectivity index (χ4n) is 3.30. The van der Waals surface area contributed by atoms with E-state index < -0.39 is 5.97 Å². The molecule has 1 aromatic rings. The lowest BCUT2D eigenvalue weighted by molar-refractivity contribution is -0.139. The van der Waals surface area contributed by atoms with Crippen molar-refractivity contribution in [2.75, 3.05) is 6.61 Å². The van der Waals surface area contributed by atoms with Crippen molar-refractivity contribution in [3.05, 3.63) is 29.8 Å². The van der Waals surface area contributed by atoms with E-state index in [2.05, 4.69) is 0 Å². The van der Waals surface area contributed by atoms with Crippen molar-refractivity contribution >= 4 is 5.97 Å². The quantitative estimate of drug-likeness (QED) is 0.784. The second-order valence-corrected chi connectivity index (χ2v) is 4.74. The van der Waals surface area contributed by atoms with E-state index in [9.17, 15) is 9.90 Å². The number of para-hydroxylation sites is 1. The van der Waals surface area contributed by atoms with Gasteiger partial charge in [0.25, 0.3) is 0 Å². The summed E-state index contributed by atoms with van der Waals surface area (Å²) in [5.41, 5.74) is 0.918. The van der Waals surface area contributed by atoms with Gasteiger partial charge in [0.15, 0.2) is 0 Å². The summed E-state index contributed by atoms with van der Waals surface area (Å²) < 4.78 is 5.58. The number of ether oxygens (including phenoxy) is 1. The summed E-state index contributed by atoms with van der Waals surface area (Å²) in [6.07, 6.45) is 0.822. The fourth-order valence-corrected chi connectivity index (χ4v) is 3.30. The molecule has 1 N–H and O–H groups in total. The van der Waals surface area contributed by atoms with E-state index in [1.165, 1.54) is 0 Å². The van der Waals surface area contributed by atoms with Gasteiger partial charge in [-0.1, -0.05) is 25.1 Å². The number of hydrogen-bond donors (Lipinski definition) is 1. The SMILES string of the molecule is C[C@H]1C(C(=O)O)C12CCOc1ccccc12. The third-order valence-electron chi connectivity index (χ3n) is 4.19. The highest BCUT2D eigenvalue weighted by Crippen LogP contribution is 2.65. The van der Waals surface area contributed by atoms with Crippen LogP contribution < -0.4 is 4.74 Å². The van der Waals surface area contributed by atoms with Gasteiger partial charge in [-0.3, -0.25) is 4.79 Å². The second kappa shape index (κ2) is 3.00. The number of carboxylic acids is 1. The zero-order chi connectivity index (χ0) is 11.3. The van der Waals surface area contributed by atoms with Crippen molar-refractivity contribution in [1.82, 2.24) is 0 Å². The Morgan fingerprint density at radius 1 is 1.50 bits per heavy atom. The standard InChI is InChI=1S/C13H14O3/c1-8-11(12(14)15)13(8)6-7-16-10-5-3-2-4-9(10)13/h2-5,8,11H,6-7H2,1H3,(H,14,15)/t8-,11?,13?/m0/s1. The first kappa shape index (κ1) is 9.70. The Hall–Kier alpha value is -1.51. The molecule has 0 saturated heterocycles. The Labute approximate surface area is 94.0 Å². The molecule has 3 nitrogen and oxygen atoms in total. The number of carboxylic acid groups (broad SMARTS) is 1. The van der Waals surface area contributed by atoms with Gasteiger partial charge in [-0.2, -0.15) is 0 Å². The van der Waals surface area contributed by atoms with Gasteiger partial charge in [-0.25, -0.2) is 0 Å². The lowest BCUT2D eigenvalue weighted by Crippen LogP contribution is -2.24. The molecule has 0 aromatic heterocycles. The van der Waals surface area contributed by atoms with Crippen molar-refractivity contribution in [3.63, 3.8) is 0 Å². The van der Waals surface area contributed by atoms with Crippen LogP contribution in [0.2, 0.25) is 0 Å². The Morgan fingerprint density at radius 2 is 2.25 bits per heavy atom. The van der Waals surface area contributed by atoms with Crippen LogP contribution in [-0.2, 0) is 10.2 Å². The normalized spacial score (nSPS) is 35.3. The fraction of sp³-hybridized carbons (Fsp3) is 0.462. The first-order valence-electron chi connectivity index (χ1n) is 5.63. The molecule has 3 atom stereocenters. The topological polar surface area (TPSA) is 46.5 Å². The molecule has 0 bridgehead atoms. The van der Waals surface area contributed by atoms with Crippen LogP contribution in [-0.4, -0.2) is 17.7 Å². The predicted octanol–water partition coefficient (Wildman–Crippen LogP) is 2.06. The van der Waals surface area contributed by atoms with Gasteiger partial charge in [-0.15, -0.1) is 0 Å². The van der Waals surface area contributed by atoms with Crippen LogP contribution in [0.15, 0.2) is 24.3 Å². The monoisotopic (exact) mass is 218 g/mol. The third-order valence-corrected chi connectivity index (χ3v) is 4.19. The summed E-state index contributed by atoms with van der Waals surface area (Å²) in [7, 11) is 0. The van der Waals surface area contributed by atoms with Crippen LogP contribution in [0.5, 0.6) is 5.75 Å². The zero-order valence-electron chi connectivity index (χ0n) is 9.14. The highest BCUT2D eigenvalue weighted by atomic mass is 16.5. The molecule has 84 valence electrons. The van der Waals surface area contributed by atoms with Gasteiger partial charge in [-0.05, 0) is 18.4 Å². The summed E-state index contributed by atoms with van der Waals surface area (Å²) in [5, 5.41) is 9.23. The zero-order valence-corrected chi connectivity index (χ0v) is 9.14. The molecular formula is C13H14O3. The van der Waals surface area contributed by atoms with Crippen LogP contribution >= 0.6 is 0 Å². The lowest BCUT2D eigenvalue weighted by atomic mass is 9.86. The van der Waals surface area contributed by atoms with E-state index in [1.807, 2.05) is 31.2 Å². The minimum absolute atomic E-state index is 0.166. The van der Waals surface area contributed by atoms with Crippen LogP contribution in [0.1, 0.15) is 18.9 Å². The minimum Gasteiger partial charge on any atom is -0.493 e. The Bertz CT molecular complexity index is 454. The Kier molecular flexibility index (Phi) is 1.82. The summed E-state index contributed by atoms with van der Waals surface area (Å²) in [5.74, 6) is 0.168. The van der Waals surface area contributed by atoms with Crippen LogP contribution in [0.25, 0.3) is 0 Å². The molecule has 16 heavy (non-hydrogen) atoms. The second-order valence-electron chi connectivity index (χ2n) is 4.74. The van der Waals surface area contributed by atoms with Crippen molar-refractivity contribution < 1.29 is 14.6 Å². The van der Waals surface area contributed by atoms with Crippen LogP contribution in [0, 0.1) is 11.8 Å². The molecule has 3 rings (SSSR count). The number of carbonyl (C=O) groups is 1. The molecule has 1 spiro atoms. The minimum atomic E-state index is -0.677. The van der Waals surface area contributed by atoms with Gasteiger partial charge < -0.3 is 9.84 Å². The summed E-state index contributed by atoms with van der Waals surface area (Å²) in [6.45, 7) is 2.66. The largest absolute Gasteiger partial charge is 0.493 e. The lowest BCUT2D eigenvalue weighted by Gasteiger charge is -2.26. The molecule has 1 aromatic carbocycles. The molecule has 1 saturated carbocycles. The van der Waals surface area contributed by atoms with Crippen LogP contribution in [0.3, 0.4) is 0 Å². The molecule has 0 radical (unpaired) electrons. The van der Waals surface area contributed by atoms with Gasteiger partial charge in [0, 0.05) is 11.0 Å². The molecule has 1 aliphatic heterocycles. The van der Waals surface area contributed by atoms with Crippen molar-refractivity contribution in [2.45, 2.75) is 18.8 Å². The number of fused-ring (bicyclic) bond motifs is 2. The van der Waals surface area contributed by atoms with Gasteiger partial charge >= 0.3 is 5.97 Å². The third kappa shape index (κ3) is 1.01. The maximum atomic E-state index is 11.2. The van der Waals surface area contributed by atoms with E-state index in [0.717, 1.165) is 17.7 Å². The number of hydrogen-bond acceptors (Lipinski definition) is 2. The first-order valence-corrected chi connectivity index (χ1v) is 5.63. The van der Waals surface area contributed by atoms with Crippen LogP contribution in [0.4, 0.5) is 0 Å². The van der Waals surface area contributed by atoms with Gasteiger partial charge in [0.1, 0.15) is 5.75 Å². The highest BCUT2D eigenvalue weighted by Gasteiger charge is 2.68. The maximum Gasteiger partial charge on any atom is 0.307 e. The molecule has 0 amide bonds. The molecule has 1 heterocycles. The molecule has 3 heteroatoms. The average molecular weight is 218 g/mol. The molecule has 2 aliphatic rings. The predicted molar refractivity (Wildman–Crippen MR) is 58.5 cm³/mol. The number of aliphatic carboxylic acids is 1. The van der Waals surface area contributed by atoms with Gasteiger partial charge in [0.2, 0.25) is 0 Å². The summed E-state index contributed by atoms with van der Waals surface area (Å²) in [6, 6.07) is 7.83. The molecular weight excluding hydrogens is 204 g/mol. The van der Waals surface area contributed by atoms with Gasteiger partial charge in [0.05, 0.1) is 12.5 Å².